The van der Waals surface area contributed by atoms with Gasteiger partial charge >= 0.3 is 5.97 Å². The maximum Gasteiger partial charge on any atom is 0.325 e. The Bertz CT molecular complexity index is 437. The maximum absolute atomic E-state index is 11.6. The Morgan fingerprint density at radius 2 is 1.74 bits per heavy atom. The first kappa shape index (κ1) is 12.6. The fourth-order valence-electron chi connectivity index (χ4n) is 2.95. The van der Waals surface area contributed by atoms with Crippen molar-refractivity contribution in [3.63, 3.8) is 0 Å². The Kier molecular flexibility index (Phi) is 3.53. The van der Waals surface area contributed by atoms with E-state index in [0.717, 1.165) is 37.8 Å². The van der Waals surface area contributed by atoms with Crippen molar-refractivity contribution >= 4 is 5.97 Å². The van der Waals surface area contributed by atoms with Crippen LogP contribution in [0.4, 0.5) is 0 Å². The van der Waals surface area contributed by atoms with Crippen LogP contribution in [0.5, 0.6) is 0 Å². The summed E-state index contributed by atoms with van der Waals surface area (Å²) in [6.45, 7) is 3.70. The minimum atomic E-state index is -0.744. The van der Waals surface area contributed by atoms with E-state index in [-0.39, 0.29) is 0 Å². The number of benzene rings is 1. The molecule has 102 valence electrons. The summed E-state index contributed by atoms with van der Waals surface area (Å²) in [6.07, 6.45) is 2.64. The molecule has 1 aromatic rings. The molecule has 0 aromatic heterocycles. The van der Waals surface area contributed by atoms with Crippen LogP contribution >= 0.6 is 0 Å². The first-order chi connectivity index (χ1) is 9.25. The summed E-state index contributed by atoms with van der Waals surface area (Å²) in [7, 11) is 0. The summed E-state index contributed by atoms with van der Waals surface area (Å²) < 4.78 is 0. The third-order valence-electron chi connectivity index (χ3n) is 4.13. The van der Waals surface area contributed by atoms with Gasteiger partial charge in [-0.25, -0.2) is 0 Å². The van der Waals surface area contributed by atoms with Crippen LogP contribution in [-0.4, -0.2) is 53.1 Å². The standard InChI is InChI=1S/C15H20N2O2/c18-15(19)14(12-4-2-1-3-5-12)17-10-8-16(9-11-17)13-6-7-13/h1-5,13-14H,6-11H2,(H,18,19). The van der Waals surface area contributed by atoms with Crippen molar-refractivity contribution in [2.24, 2.45) is 0 Å². The van der Waals surface area contributed by atoms with Gasteiger partial charge in [0.2, 0.25) is 0 Å². The summed E-state index contributed by atoms with van der Waals surface area (Å²) in [6, 6.07) is 9.84. The number of nitrogens with zero attached hydrogens (tertiary/aromatic N) is 2. The molecule has 0 amide bonds. The molecule has 4 nitrogen and oxygen atoms in total. The second-order valence-corrected chi connectivity index (χ2v) is 5.45. The number of hydrogen-bond donors (Lipinski definition) is 1. The average Bonchev–Trinajstić information content (AvgIpc) is 3.25. The van der Waals surface area contributed by atoms with E-state index in [0.29, 0.717) is 0 Å². The summed E-state index contributed by atoms with van der Waals surface area (Å²) in [5.74, 6) is -0.744. The van der Waals surface area contributed by atoms with Crippen LogP contribution in [0.25, 0.3) is 0 Å². The van der Waals surface area contributed by atoms with Crippen LogP contribution in [0.2, 0.25) is 0 Å². The number of carbonyl (C=O) groups is 1. The Balaban J connectivity index is 1.69. The lowest BCUT2D eigenvalue weighted by Crippen LogP contribution is -2.49. The van der Waals surface area contributed by atoms with Crippen molar-refractivity contribution in [2.45, 2.75) is 24.9 Å². The zero-order valence-corrected chi connectivity index (χ0v) is 11.0. The van der Waals surface area contributed by atoms with Crippen molar-refractivity contribution in [1.82, 2.24) is 9.80 Å². The summed E-state index contributed by atoms with van der Waals surface area (Å²) >= 11 is 0. The number of carboxylic acid groups (broad SMARTS) is 1. The molecule has 1 heterocycles. The summed E-state index contributed by atoms with van der Waals surface area (Å²) in [5.41, 5.74) is 0.884. The third-order valence-corrected chi connectivity index (χ3v) is 4.13. The molecular formula is C15H20N2O2. The van der Waals surface area contributed by atoms with Gasteiger partial charge in [0, 0.05) is 32.2 Å². The highest BCUT2D eigenvalue weighted by Crippen LogP contribution is 2.29. The van der Waals surface area contributed by atoms with E-state index >= 15 is 0 Å². The van der Waals surface area contributed by atoms with Crippen molar-refractivity contribution < 1.29 is 9.90 Å². The molecule has 0 radical (unpaired) electrons. The van der Waals surface area contributed by atoms with Gasteiger partial charge in [0.15, 0.2) is 0 Å². The molecule has 0 bridgehead atoms. The van der Waals surface area contributed by atoms with Gasteiger partial charge in [-0.2, -0.15) is 0 Å². The van der Waals surface area contributed by atoms with Crippen LogP contribution in [-0.2, 0) is 4.79 Å². The third kappa shape index (κ3) is 2.80. The summed E-state index contributed by atoms with van der Waals surface area (Å²) in [4.78, 5) is 16.2. The van der Waals surface area contributed by atoms with Crippen molar-refractivity contribution in [3.8, 4) is 0 Å². The average molecular weight is 260 g/mol. The molecule has 1 saturated carbocycles. The van der Waals surface area contributed by atoms with Crippen molar-refractivity contribution in [3.05, 3.63) is 35.9 Å². The Morgan fingerprint density at radius 1 is 1.11 bits per heavy atom. The topological polar surface area (TPSA) is 43.8 Å². The lowest BCUT2D eigenvalue weighted by molar-refractivity contribution is -0.144. The smallest absolute Gasteiger partial charge is 0.325 e. The molecule has 19 heavy (non-hydrogen) atoms. The highest BCUT2D eigenvalue weighted by Gasteiger charge is 2.35. The molecule has 1 atom stereocenters. The van der Waals surface area contributed by atoms with Gasteiger partial charge in [0.1, 0.15) is 6.04 Å². The Morgan fingerprint density at radius 3 is 2.26 bits per heavy atom. The Labute approximate surface area is 113 Å². The number of carboxylic acids is 1. The number of hydrogen-bond acceptors (Lipinski definition) is 3. The lowest BCUT2D eigenvalue weighted by atomic mass is 10.0. The molecule has 0 spiro atoms. The lowest BCUT2D eigenvalue weighted by Gasteiger charge is -2.37. The van der Waals surface area contributed by atoms with Gasteiger partial charge in [-0.1, -0.05) is 30.3 Å². The molecular weight excluding hydrogens is 240 g/mol. The number of aliphatic carboxylic acids is 1. The van der Waals surface area contributed by atoms with E-state index in [9.17, 15) is 9.90 Å². The van der Waals surface area contributed by atoms with Crippen LogP contribution in [0.1, 0.15) is 24.4 Å². The number of rotatable bonds is 4. The summed E-state index contributed by atoms with van der Waals surface area (Å²) in [5, 5.41) is 9.51. The SMILES string of the molecule is O=C(O)C(c1ccccc1)N1CCN(C2CC2)CC1. The van der Waals surface area contributed by atoms with E-state index in [4.69, 9.17) is 0 Å². The van der Waals surface area contributed by atoms with Crippen LogP contribution in [0, 0.1) is 0 Å². The van der Waals surface area contributed by atoms with Gasteiger partial charge in [-0.15, -0.1) is 0 Å². The van der Waals surface area contributed by atoms with E-state index < -0.39 is 12.0 Å². The van der Waals surface area contributed by atoms with Gasteiger partial charge in [-0.3, -0.25) is 14.6 Å². The molecule has 2 aliphatic rings. The maximum atomic E-state index is 11.6. The van der Waals surface area contributed by atoms with Crippen LogP contribution < -0.4 is 0 Å². The molecule has 2 fully saturated rings. The minimum absolute atomic E-state index is 0.498. The molecule has 1 aliphatic carbocycles. The molecule has 1 aliphatic heterocycles. The zero-order valence-electron chi connectivity index (χ0n) is 11.0. The minimum Gasteiger partial charge on any atom is -0.480 e. The van der Waals surface area contributed by atoms with Gasteiger partial charge in [-0.05, 0) is 18.4 Å². The second-order valence-electron chi connectivity index (χ2n) is 5.45. The van der Waals surface area contributed by atoms with Gasteiger partial charge in [0.05, 0.1) is 0 Å². The molecule has 4 heteroatoms. The molecule has 1 aromatic carbocycles. The van der Waals surface area contributed by atoms with E-state index in [1.54, 1.807) is 0 Å². The highest BCUT2D eigenvalue weighted by atomic mass is 16.4. The van der Waals surface area contributed by atoms with E-state index in [2.05, 4.69) is 9.80 Å². The molecule has 1 unspecified atom stereocenters. The molecule has 3 rings (SSSR count). The fourth-order valence-corrected chi connectivity index (χ4v) is 2.95. The first-order valence-corrected chi connectivity index (χ1v) is 7.01. The molecule has 1 N–H and O–H groups in total. The number of piperazine rings is 1. The van der Waals surface area contributed by atoms with Crippen LogP contribution in [0.15, 0.2) is 30.3 Å². The fraction of sp³-hybridized carbons (Fsp3) is 0.533. The monoisotopic (exact) mass is 260 g/mol. The quantitative estimate of drug-likeness (QED) is 0.893. The van der Waals surface area contributed by atoms with Crippen LogP contribution in [0.3, 0.4) is 0 Å². The first-order valence-electron chi connectivity index (χ1n) is 7.01. The van der Waals surface area contributed by atoms with E-state index in [1.165, 1.54) is 12.8 Å². The predicted molar refractivity (Wildman–Crippen MR) is 73.0 cm³/mol. The van der Waals surface area contributed by atoms with Gasteiger partial charge in [0.25, 0.3) is 0 Å². The highest BCUT2D eigenvalue weighted by molar-refractivity contribution is 5.75. The van der Waals surface area contributed by atoms with E-state index in [1.807, 2.05) is 30.3 Å². The van der Waals surface area contributed by atoms with Crippen molar-refractivity contribution in [1.29, 1.82) is 0 Å². The second kappa shape index (κ2) is 5.31. The Hall–Kier alpha value is -1.39. The predicted octanol–water partition coefficient (Wildman–Crippen LogP) is 1.59. The largest absolute Gasteiger partial charge is 0.480 e. The molecule has 1 saturated heterocycles. The zero-order chi connectivity index (χ0) is 13.2. The normalized spacial score (nSPS) is 23.2. The van der Waals surface area contributed by atoms with Crippen molar-refractivity contribution in [2.75, 3.05) is 26.2 Å². The van der Waals surface area contributed by atoms with Gasteiger partial charge < -0.3 is 5.11 Å².